The van der Waals surface area contributed by atoms with E-state index in [0.717, 1.165) is 0 Å². The molecule has 2 rings (SSSR count). The number of hydrogen-bond donors (Lipinski definition) is 0. The summed E-state index contributed by atoms with van der Waals surface area (Å²) in [4.78, 5) is 4.02. The Hall–Kier alpha value is -1.06. The molecule has 0 aliphatic heterocycles. The van der Waals surface area contributed by atoms with Gasteiger partial charge in [-0.25, -0.2) is 0 Å². The van der Waals surface area contributed by atoms with Crippen molar-refractivity contribution in [2.75, 3.05) is 0 Å². The average molecular weight is 238 g/mol. The van der Waals surface area contributed by atoms with Crippen LogP contribution in [-0.4, -0.2) is 4.98 Å². The zero-order valence-electron chi connectivity index (χ0n) is 7.67. The number of aromatic nitrogens is 1. The molecular formula is C11H6F2NTi. The number of pyridine rings is 1. The predicted octanol–water partition coefficient (Wildman–Crippen LogP) is 2.20. The summed E-state index contributed by atoms with van der Waals surface area (Å²) in [7, 11) is 0. The number of hydrogen-bond acceptors (Lipinski definition) is 1. The average Bonchev–Trinajstić information content (AvgIpc) is 2.27. The number of rotatable bonds is 1. The van der Waals surface area contributed by atoms with Crippen LogP contribution >= 0.6 is 0 Å². The third kappa shape index (κ3) is 1.99. The van der Waals surface area contributed by atoms with Crippen molar-refractivity contribution in [1.82, 2.24) is 4.98 Å². The van der Waals surface area contributed by atoms with Gasteiger partial charge in [0, 0.05) is 0 Å². The standard InChI is InChI=1S/C11H6F2N.Ti/c12-8-4-5-9(10(13)7-8)11-3-1-2-6-14-11;/h1-6H;. The van der Waals surface area contributed by atoms with Crippen molar-refractivity contribution in [3.8, 4) is 11.3 Å². The first kappa shape index (κ1) is 10.5. The second-order valence-electron chi connectivity index (χ2n) is 3.00. The van der Waals surface area contributed by atoms with E-state index in [0.29, 0.717) is 11.3 Å². The molecule has 0 fully saturated rings. The molecule has 1 nitrogen and oxygen atoms in total. The number of halogens is 2. The van der Waals surface area contributed by atoms with E-state index in [1.807, 2.05) is 0 Å². The number of nitrogens with zero attached hydrogens (tertiary/aromatic N) is 1. The molecule has 1 aromatic carbocycles. The quantitative estimate of drug-likeness (QED) is 0.694. The molecule has 0 atom stereocenters. The Morgan fingerprint density at radius 1 is 1.07 bits per heavy atom. The van der Waals surface area contributed by atoms with Crippen LogP contribution in [0.3, 0.4) is 0 Å². The van der Waals surface area contributed by atoms with Gasteiger partial charge in [-0.15, -0.1) is 0 Å². The van der Waals surface area contributed by atoms with Gasteiger partial charge in [0.05, 0.1) is 0 Å². The maximum atomic E-state index is 13.7. The fourth-order valence-corrected chi connectivity index (χ4v) is 1.61. The van der Waals surface area contributed by atoms with Crippen molar-refractivity contribution in [3.63, 3.8) is 0 Å². The van der Waals surface area contributed by atoms with Gasteiger partial charge in [-0.05, 0) is 0 Å². The summed E-state index contributed by atoms with van der Waals surface area (Å²) in [5, 5.41) is 0. The normalized spacial score (nSPS) is 10.2. The van der Waals surface area contributed by atoms with Gasteiger partial charge in [0.15, 0.2) is 0 Å². The van der Waals surface area contributed by atoms with Gasteiger partial charge in [0.25, 0.3) is 0 Å². The first-order chi connectivity index (χ1) is 7.20. The zero-order chi connectivity index (χ0) is 10.8. The summed E-state index contributed by atoms with van der Waals surface area (Å²) in [5.74, 6) is -1.08. The van der Waals surface area contributed by atoms with E-state index in [-0.39, 0.29) is 3.87 Å². The van der Waals surface area contributed by atoms with Crippen molar-refractivity contribution < 1.29 is 29.2 Å². The van der Waals surface area contributed by atoms with Gasteiger partial charge in [0.1, 0.15) is 0 Å². The molecule has 15 heavy (non-hydrogen) atoms. The van der Waals surface area contributed by atoms with Crippen molar-refractivity contribution in [1.29, 1.82) is 0 Å². The molecule has 0 N–H and O–H groups in total. The van der Waals surface area contributed by atoms with E-state index < -0.39 is 11.6 Å². The van der Waals surface area contributed by atoms with Crippen molar-refractivity contribution in [2.45, 2.75) is 0 Å². The van der Waals surface area contributed by atoms with Gasteiger partial charge in [-0.2, -0.15) is 0 Å². The fraction of sp³-hybridized carbons (Fsp3) is 0. The number of benzene rings is 1. The van der Waals surface area contributed by atoms with Crippen LogP contribution < -0.4 is 3.87 Å². The molecule has 0 aliphatic carbocycles. The molecule has 2 aromatic rings. The molecule has 1 aromatic heterocycles. The third-order valence-corrected chi connectivity index (χ3v) is 2.75. The molecule has 0 aliphatic rings. The first-order valence-corrected chi connectivity index (χ1v) is 5.09. The van der Waals surface area contributed by atoms with Crippen LogP contribution in [0.25, 0.3) is 11.3 Å². The van der Waals surface area contributed by atoms with Crippen molar-refractivity contribution in [3.05, 3.63) is 48.2 Å². The predicted molar refractivity (Wildman–Crippen MR) is 49.2 cm³/mol. The van der Waals surface area contributed by atoms with E-state index in [9.17, 15) is 8.78 Å². The van der Waals surface area contributed by atoms with Crippen LogP contribution in [-0.2, 0) is 20.4 Å². The maximum absolute atomic E-state index is 13.7. The molecule has 0 amide bonds. The third-order valence-electron chi connectivity index (χ3n) is 2.03. The Labute approximate surface area is 97.6 Å². The summed E-state index contributed by atoms with van der Waals surface area (Å²) < 4.78 is 26.7. The van der Waals surface area contributed by atoms with Crippen LogP contribution in [0.2, 0.25) is 0 Å². The van der Waals surface area contributed by atoms with E-state index in [1.165, 1.54) is 32.6 Å². The van der Waals surface area contributed by atoms with Gasteiger partial charge >= 0.3 is 97.5 Å². The van der Waals surface area contributed by atoms with E-state index in [1.54, 1.807) is 24.4 Å². The Bertz CT molecular complexity index is 485. The molecule has 73 valence electrons. The Kier molecular flexibility index (Phi) is 2.94. The molecule has 1 heterocycles. The van der Waals surface area contributed by atoms with Crippen LogP contribution in [0.5, 0.6) is 0 Å². The first-order valence-electron chi connectivity index (χ1n) is 4.31. The Balaban J connectivity index is 2.60. The van der Waals surface area contributed by atoms with Gasteiger partial charge in [0.2, 0.25) is 0 Å². The monoisotopic (exact) mass is 238 g/mol. The summed E-state index contributed by atoms with van der Waals surface area (Å²) in [5.41, 5.74) is 0.840. The van der Waals surface area contributed by atoms with E-state index in [2.05, 4.69) is 4.98 Å². The van der Waals surface area contributed by atoms with Crippen molar-refractivity contribution in [2.24, 2.45) is 0 Å². The summed E-state index contributed by atoms with van der Waals surface area (Å²) in [6.07, 6.45) is 1.58. The van der Waals surface area contributed by atoms with Crippen LogP contribution in [0.15, 0.2) is 36.5 Å². The van der Waals surface area contributed by atoms with E-state index in [4.69, 9.17) is 0 Å². The molecule has 4 heteroatoms. The van der Waals surface area contributed by atoms with Gasteiger partial charge in [-0.1, -0.05) is 0 Å². The van der Waals surface area contributed by atoms with E-state index >= 15 is 0 Å². The molecule has 0 bridgehead atoms. The zero-order valence-corrected chi connectivity index (χ0v) is 9.23. The van der Waals surface area contributed by atoms with Gasteiger partial charge < -0.3 is 0 Å². The molecule has 0 spiro atoms. The molecule has 0 saturated heterocycles. The molecule has 0 unspecified atom stereocenters. The van der Waals surface area contributed by atoms with Crippen molar-refractivity contribution >= 4 is 3.87 Å². The fourth-order valence-electron chi connectivity index (χ4n) is 1.27. The summed E-state index contributed by atoms with van der Waals surface area (Å²) in [6.45, 7) is 0. The minimum absolute atomic E-state index is 0.0261. The molecule has 0 radical (unpaired) electrons. The Morgan fingerprint density at radius 3 is 2.53 bits per heavy atom. The SMILES string of the molecule is Fc1ccc(-c2ccccn2)c(F)[c]1[Ti]. The van der Waals surface area contributed by atoms with Crippen LogP contribution in [0.4, 0.5) is 8.78 Å². The summed E-state index contributed by atoms with van der Waals surface area (Å²) in [6, 6.07) is 7.86. The van der Waals surface area contributed by atoms with Crippen LogP contribution in [0, 0.1) is 11.6 Å². The molecular weight excluding hydrogens is 232 g/mol. The second kappa shape index (κ2) is 4.21. The minimum atomic E-state index is -0.548. The second-order valence-corrected chi connectivity index (χ2v) is 3.78. The molecule has 0 saturated carbocycles. The Morgan fingerprint density at radius 2 is 1.87 bits per heavy atom. The van der Waals surface area contributed by atoms with Gasteiger partial charge in [-0.3, -0.25) is 0 Å². The van der Waals surface area contributed by atoms with Crippen LogP contribution in [0.1, 0.15) is 0 Å². The summed E-state index contributed by atoms with van der Waals surface area (Å²) >= 11 is 1.41. The topological polar surface area (TPSA) is 12.9 Å².